The molecule has 32 heavy (non-hydrogen) atoms. The zero-order valence-electron chi connectivity index (χ0n) is 17.9. The van der Waals surface area contributed by atoms with Crippen LogP contribution in [0.2, 0.25) is 5.02 Å². The number of Topliss-reactive ketones (excluding diaryl/α,β-unsaturated/α-hetero) is 1. The molecule has 1 aliphatic rings. The third-order valence-electron chi connectivity index (χ3n) is 5.82. The number of benzene rings is 3. The van der Waals surface area contributed by atoms with Gasteiger partial charge in [-0.25, -0.2) is 0 Å². The molecule has 3 aromatic rings. The first kappa shape index (κ1) is 22.1. The zero-order chi connectivity index (χ0) is 22.6. The van der Waals surface area contributed by atoms with Gasteiger partial charge in [-0.2, -0.15) is 0 Å². The SMILES string of the molecule is CCOC(=O)C(Cc1cccc(Oc2ccccc2)c1)C(=O)C1(c2ccc(Cl)cc2)CC1. The molecule has 3 aromatic carbocycles. The summed E-state index contributed by atoms with van der Waals surface area (Å²) >= 11 is 6.03. The largest absolute Gasteiger partial charge is 0.465 e. The number of para-hydroxylation sites is 1. The molecule has 4 rings (SSSR count). The average Bonchev–Trinajstić information content (AvgIpc) is 3.61. The van der Waals surface area contributed by atoms with Gasteiger partial charge in [0.2, 0.25) is 0 Å². The number of carbonyl (C=O) groups excluding carboxylic acids is 2. The van der Waals surface area contributed by atoms with Crippen molar-refractivity contribution < 1.29 is 19.1 Å². The predicted octanol–water partition coefficient (Wildman–Crippen LogP) is 6.16. The summed E-state index contributed by atoms with van der Waals surface area (Å²) in [5, 5.41) is 0.620. The minimum absolute atomic E-state index is 0.0901. The number of ketones is 1. The Labute approximate surface area is 193 Å². The maximum atomic E-state index is 13.6. The van der Waals surface area contributed by atoms with Crippen LogP contribution in [0, 0.1) is 5.92 Å². The lowest BCUT2D eigenvalue weighted by Gasteiger charge is -2.22. The van der Waals surface area contributed by atoms with Gasteiger partial charge >= 0.3 is 5.97 Å². The van der Waals surface area contributed by atoms with Gasteiger partial charge in [-0.15, -0.1) is 0 Å². The van der Waals surface area contributed by atoms with E-state index in [-0.39, 0.29) is 18.8 Å². The van der Waals surface area contributed by atoms with E-state index >= 15 is 0 Å². The van der Waals surface area contributed by atoms with Gasteiger partial charge in [-0.05, 0) is 73.7 Å². The second-order valence-corrected chi connectivity index (χ2v) is 8.46. The molecule has 1 aliphatic carbocycles. The van der Waals surface area contributed by atoms with E-state index in [4.69, 9.17) is 21.1 Å². The van der Waals surface area contributed by atoms with Crippen LogP contribution < -0.4 is 4.74 Å². The summed E-state index contributed by atoms with van der Waals surface area (Å²) in [7, 11) is 0. The molecular formula is C27H25ClO4. The number of hydrogen-bond donors (Lipinski definition) is 0. The van der Waals surface area contributed by atoms with Crippen molar-refractivity contribution in [3.8, 4) is 11.5 Å². The first-order valence-corrected chi connectivity index (χ1v) is 11.2. The van der Waals surface area contributed by atoms with Crippen molar-refractivity contribution in [3.63, 3.8) is 0 Å². The average molecular weight is 449 g/mol. The van der Waals surface area contributed by atoms with E-state index in [2.05, 4.69) is 0 Å². The van der Waals surface area contributed by atoms with Gasteiger partial charge in [-0.1, -0.05) is 54.1 Å². The van der Waals surface area contributed by atoms with Gasteiger partial charge in [0, 0.05) is 5.02 Å². The number of halogens is 1. The summed E-state index contributed by atoms with van der Waals surface area (Å²) in [6.45, 7) is 1.98. The van der Waals surface area contributed by atoms with Crippen LogP contribution in [0.1, 0.15) is 30.9 Å². The van der Waals surface area contributed by atoms with Crippen LogP contribution in [0.15, 0.2) is 78.9 Å². The molecule has 0 N–H and O–H groups in total. The lowest BCUT2D eigenvalue weighted by molar-refractivity contribution is -0.152. The number of ether oxygens (including phenoxy) is 2. The number of hydrogen-bond acceptors (Lipinski definition) is 4. The molecule has 1 unspecified atom stereocenters. The Morgan fingerprint density at radius 1 is 0.938 bits per heavy atom. The van der Waals surface area contributed by atoms with E-state index in [0.717, 1.165) is 29.7 Å². The Balaban J connectivity index is 1.58. The van der Waals surface area contributed by atoms with E-state index in [1.165, 1.54) is 0 Å². The smallest absolute Gasteiger partial charge is 0.316 e. The van der Waals surface area contributed by atoms with E-state index in [9.17, 15) is 9.59 Å². The van der Waals surface area contributed by atoms with Crippen LogP contribution in [0.3, 0.4) is 0 Å². The summed E-state index contributed by atoms with van der Waals surface area (Å²) in [4.78, 5) is 26.5. The quantitative estimate of drug-likeness (QED) is 0.291. The Hall–Kier alpha value is -3.11. The van der Waals surface area contributed by atoms with Crippen molar-refractivity contribution in [1.82, 2.24) is 0 Å². The summed E-state index contributed by atoms with van der Waals surface area (Å²) in [5.41, 5.74) is 1.11. The normalized spacial score (nSPS) is 14.9. The van der Waals surface area contributed by atoms with E-state index < -0.39 is 17.3 Å². The molecule has 0 radical (unpaired) electrons. The lowest BCUT2D eigenvalue weighted by Crippen LogP contribution is -2.36. The molecule has 5 heteroatoms. The minimum atomic E-state index is -0.875. The molecule has 164 valence electrons. The Kier molecular flexibility index (Phi) is 6.61. The highest BCUT2D eigenvalue weighted by atomic mass is 35.5. The van der Waals surface area contributed by atoms with Crippen molar-refractivity contribution >= 4 is 23.4 Å². The molecule has 0 aromatic heterocycles. The highest BCUT2D eigenvalue weighted by Crippen LogP contribution is 2.51. The maximum absolute atomic E-state index is 13.6. The fourth-order valence-corrected chi connectivity index (χ4v) is 4.15. The second-order valence-electron chi connectivity index (χ2n) is 8.02. The van der Waals surface area contributed by atoms with Crippen molar-refractivity contribution in [2.75, 3.05) is 6.61 Å². The molecule has 1 atom stereocenters. The van der Waals surface area contributed by atoms with E-state index in [0.29, 0.717) is 10.8 Å². The van der Waals surface area contributed by atoms with Crippen molar-refractivity contribution in [2.24, 2.45) is 5.92 Å². The zero-order valence-corrected chi connectivity index (χ0v) is 18.7. The molecule has 1 fully saturated rings. The predicted molar refractivity (Wildman–Crippen MR) is 124 cm³/mol. The third kappa shape index (κ3) is 4.86. The Morgan fingerprint density at radius 2 is 1.62 bits per heavy atom. The summed E-state index contributed by atoms with van der Waals surface area (Å²) in [6, 6.07) is 24.3. The number of esters is 1. The van der Waals surface area contributed by atoms with Crippen LogP contribution in [0.5, 0.6) is 11.5 Å². The van der Waals surface area contributed by atoms with Gasteiger partial charge < -0.3 is 9.47 Å². The summed E-state index contributed by atoms with van der Waals surface area (Å²) in [6.07, 6.45) is 1.71. The number of carbonyl (C=O) groups is 2. The van der Waals surface area contributed by atoms with Gasteiger partial charge in [0.05, 0.1) is 12.0 Å². The van der Waals surface area contributed by atoms with Crippen molar-refractivity contribution in [2.45, 2.75) is 31.6 Å². The fraction of sp³-hybridized carbons (Fsp3) is 0.259. The van der Waals surface area contributed by atoms with Crippen LogP contribution in [0.25, 0.3) is 0 Å². The molecule has 1 saturated carbocycles. The molecule has 0 bridgehead atoms. The van der Waals surface area contributed by atoms with Gasteiger partial charge in [0.1, 0.15) is 17.4 Å². The standard InChI is InChI=1S/C27H25ClO4/c1-2-31-26(30)24(25(29)27(15-16-27)20-11-13-21(28)14-12-20)18-19-7-6-10-23(17-19)32-22-8-4-3-5-9-22/h3-14,17,24H,2,15-16,18H2,1H3. The van der Waals surface area contributed by atoms with Crippen LogP contribution in [0.4, 0.5) is 0 Å². The highest BCUT2D eigenvalue weighted by molar-refractivity contribution is 6.30. The van der Waals surface area contributed by atoms with Gasteiger partial charge in [0.15, 0.2) is 5.78 Å². The third-order valence-corrected chi connectivity index (χ3v) is 6.08. The molecule has 0 saturated heterocycles. The Morgan fingerprint density at radius 3 is 2.28 bits per heavy atom. The van der Waals surface area contributed by atoms with Crippen molar-refractivity contribution in [1.29, 1.82) is 0 Å². The summed E-state index contributed by atoms with van der Waals surface area (Å²) in [5.74, 6) is -0.0650. The minimum Gasteiger partial charge on any atom is -0.465 e. The van der Waals surface area contributed by atoms with Crippen LogP contribution in [-0.4, -0.2) is 18.4 Å². The second kappa shape index (κ2) is 9.58. The fourth-order valence-electron chi connectivity index (χ4n) is 4.03. The monoisotopic (exact) mass is 448 g/mol. The number of rotatable bonds is 9. The van der Waals surface area contributed by atoms with Gasteiger partial charge in [0.25, 0.3) is 0 Å². The molecule has 0 aliphatic heterocycles. The highest BCUT2D eigenvalue weighted by Gasteiger charge is 2.54. The topological polar surface area (TPSA) is 52.6 Å². The van der Waals surface area contributed by atoms with E-state index in [1.807, 2.05) is 66.7 Å². The van der Waals surface area contributed by atoms with Gasteiger partial charge in [-0.3, -0.25) is 9.59 Å². The molecule has 0 heterocycles. The molecular weight excluding hydrogens is 424 g/mol. The van der Waals surface area contributed by atoms with Crippen LogP contribution in [-0.2, 0) is 26.2 Å². The Bertz CT molecular complexity index is 1090. The first-order valence-electron chi connectivity index (χ1n) is 10.8. The molecule has 4 nitrogen and oxygen atoms in total. The maximum Gasteiger partial charge on any atom is 0.316 e. The van der Waals surface area contributed by atoms with E-state index in [1.54, 1.807) is 19.1 Å². The summed E-state index contributed by atoms with van der Waals surface area (Å²) < 4.78 is 11.2. The lowest BCUT2D eigenvalue weighted by atomic mass is 9.81. The first-order chi connectivity index (χ1) is 15.5. The molecule has 0 amide bonds. The molecule has 0 spiro atoms. The van der Waals surface area contributed by atoms with Crippen LogP contribution >= 0.6 is 11.6 Å². The van der Waals surface area contributed by atoms with Crippen molar-refractivity contribution in [3.05, 3.63) is 95.0 Å².